The minimum atomic E-state index is -0.713. The SMILES string of the molecule is O=C(O)CCCCCN=c1cc2[te]c3c4c5c(cc3nc-2c2ccccc12)CCCN5CCC4. The molecule has 0 aromatic heterocycles. The summed E-state index contributed by atoms with van der Waals surface area (Å²) in [5.74, 6) is -0.713. The first kappa shape index (κ1) is 22.1. The number of aryl methyl sites for hydroxylation is 2. The summed E-state index contributed by atoms with van der Waals surface area (Å²) in [6.07, 6.45) is 7.68. The Bertz CT molecular complexity index is 1440. The fraction of sp³-hybridized carbons (Fsp3) is 0.393. The number of aromatic nitrogens is 1. The summed E-state index contributed by atoms with van der Waals surface area (Å²) in [5, 5.41) is 12.3. The van der Waals surface area contributed by atoms with E-state index >= 15 is 0 Å². The van der Waals surface area contributed by atoms with Gasteiger partial charge < -0.3 is 0 Å². The molecule has 0 amide bonds. The van der Waals surface area contributed by atoms with Gasteiger partial charge in [0.1, 0.15) is 0 Å². The molecule has 0 spiro atoms. The number of nitrogens with zero attached hydrogens (tertiary/aromatic N) is 3. The summed E-state index contributed by atoms with van der Waals surface area (Å²) in [4.78, 5) is 23.6. The minimum absolute atomic E-state index is 0.247. The van der Waals surface area contributed by atoms with E-state index in [0.29, 0.717) is 0 Å². The molecule has 3 aliphatic heterocycles. The number of hydrogen-bond acceptors (Lipinski definition) is 4. The van der Waals surface area contributed by atoms with Crippen molar-refractivity contribution < 1.29 is 9.90 Å². The van der Waals surface area contributed by atoms with Gasteiger partial charge in [-0.15, -0.1) is 0 Å². The van der Waals surface area contributed by atoms with Gasteiger partial charge >= 0.3 is 210 Å². The third kappa shape index (κ3) is 4.01. The monoisotopic (exact) mass is 569 g/mol. The standard InChI is InChI=1S/C28H29N3O2Te/c32-25(33)12-2-1-5-13-29-22-17-24-26(20-10-4-3-9-19(20)22)30-23-16-18-8-6-14-31-15-7-11-21(27(18)31)28(23)34-24/h3-4,9-10,16-17H,1-2,5-8,11-15H2,(H,32,33). The van der Waals surface area contributed by atoms with Crippen LogP contribution in [0.15, 0.2) is 41.4 Å². The zero-order valence-corrected chi connectivity index (χ0v) is 21.7. The van der Waals surface area contributed by atoms with E-state index in [1.54, 1.807) is 14.7 Å². The molecule has 174 valence electrons. The molecule has 0 saturated heterocycles. The van der Waals surface area contributed by atoms with Crippen molar-refractivity contribution in [3.8, 4) is 9.27 Å². The number of carboxylic acids is 1. The molecule has 0 fully saturated rings. The number of benzene rings is 3. The van der Waals surface area contributed by atoms with Crippen molar-refractivity contribution >= 4 is 51.8 Å². The van der Waals surface area contributed by atoms with Crippen LogP contribution >= 0.6 is 0 Å². The van der Waals surface area contributed by atoms with Crippen LogP contribution in [0.25, 0.3) is 29.0 Å². The number of rotatable bonds is 6. The molecule has 6 rings (SSSR count). The second-order valence-electron chi connectivity index (χ2n) is 9.49. The maximum absolute atomic E-state index is 10.7. The Labute approximate surface area is 209 Å². The third-order valence-corrected chi connectivity index (χ3v) is 10.6. The number of anilines is 1. The molecule has 0 unspecified atom stereocenters. The van der Waals surface area contributed by atoms with Gasteiger partial charge in [0, 0.05) is 0 Å². The Morgan fingerprint density at radius 3 is 2.74 bits per heavy atom. The van der Waals surface area contributed by atoms with E-state index < -0.39 is 26.4 Å². The van der Waals surface area contributed by atoms with E-state index in [4.69, 9.17) is 15.1 Å². The number of carboxylic acid groups (broad SMARTS) is 1. The summed E-state index contributed by atoms with van der Waals surface area (Å²) in [5.41, 5.74) is 7.06. The summed E-state index contributed by atoms with van der Waals surface area (Å²) in [6, 6.07) is 13.3. The fourth-order valence-electron chi connectivity index (χ4n) is 5.65. The van der Waals surface area contributed by atoms with Crippen molar-refractivity contribution in [1.29, 1.82) is 0 Å². The van der Waals surface area contributed by atoms with Gasteiger partial charge in [-0.1, -0.05) is 0 Å². The Kier molecular flexibility index (Phi) is 6.05. The molecule has 0 bridgehead atoms. The zero-order valence-electron chi connectivity index (χ0n) is 19.3. The molecule has 1 N–H and O–H groups in total. The Morgan fingerprint density at radius 1 is 1.06 bits per heavy atom. The molecule has 0 saturated carbocycles. The summed E-state index contributed by atoms with van der Waals surface area (Å²) in [7, 11) is 0. The number of hydrogen-bond donors (Lipinski definition) is 1. The van der Waals surface area contributed by atoms with Crippen LogP contribution in [0.3, 0.4) is 0 Å². The molecule has 2 aromatic carbocycles. The Morgan fingerprint density at radius 2 is 1.88 bits per heavy atom. The first-order valence-electron chi connectivity index (χ1n) is 12.5. The molecule has 1 aliphatic carbocycles. The van der Waals surface area contributed by atoms with E-state index in [9.17, 15) is 4.79 Å². The number of aliphatic carboxylic acids is 1. The molecule has 4 aliphatic rings. The Hall–Kier alpha value is -2.42. The van der Waals surface area contributed by atoms with Gasteiger partial charge in [-0.05, 0) is 0 Å². The quantitative estimate of drug-likeness (QED) is 0.158. The van der Waals surface area contributed by atoms with Gasteiger partial charge in [0.15, 0.2) is 0 Å². The summed E-state index contributed by atoms with van der Waals surface area (Å²) in [6.45, 7) is 3.14. The van der Waals surface area contributed by atoms with Crippen LogP contribution in [0.5, 0.6) is 0 Å². The molecule has 5 nitrogen and oxygen atoms in total. The van der Waals surface area contributed by atoms with Gasteiger partial charge in [0.25, 0.3) is 0 Å². The van der Waals surface area contributed by atoms with E-state index in [0.717, 1.165) is 31.2 Å². The van der Waals surface area contributed by atoms with Crippen LogP contribution in [-0.2, 0) is 17.6 Å². The first-order valence-corrected chi connectivity index (χ1v) is 14.8. The average molecular weight is 567 g/mol. The fourth-order valence-corrected chi connectivity index (χ4v) is 9.00. The third-order valence-electron chi connectivity index (χ3n) is 7.19. The van der Waals surface area contributed by atoms with Gasteiger partial charge in [-0.3, -0.25) is 0 Å². The van der Waals surface area contributed by atoms with Crippen LogP contribution in [0, 0.1) is 0 Å². The summed E-state index contributed by atoms with van der Waals surface area (Å²) < 4.78 is 2.96. The van der Waals surface area contributed by atoms with Crippen LogP contribution in [-0.4, -0.2) is 56.1 Å². The van der Waals surface area contributed by atoms with E-state index in [1.165, 1.54) is 69.9 Å². The molecule has 2 aromatic rings. The van der Waals surface area contributed by atoms with Gasteiger partial charge in [-0.25, -0.2) is 0 Å². The molecule has 6 heteroatoms. The average Bonchev–Trinajstić information content (AvgIpc) is 2.85. The van der Waals surface area contributed by atoms with Crippen molar-refractivity contribution in [2.24, 2.45) is 4.99 Å². The second-order valence-corrected chi connectivity index (χ2v) is 12.5. The van der Waals surface area contributed by atoms with Crippen molar-refractivity contribution in [2.45, 2.75) is 51.4 Å². The van der Waals surface area contributed by atoms with Crippen molar-refractivity contribution in [3.05, 3.63) is 52.9 Å². The topological polar surface area (TPSA) is 65.8 Å². The van der Waals surface area contributed by atoms with Gasteiger partial charge in [0.2, 0.25) is 0 Å². The normalized spacial score (nSPS) is 15.9. The van der Waals surface area contributed by atoms with Crippen molar-refractivity contribution in [1.82, 2.24) is 4.98 Å². The Balaban J connectivity index is 1.47. The molecular formula is C28H29N3O2Te. The van der Waals surface area contributed by atoms with Crippen LogP contribution in [0.2, 0.25) is 0 Å². The molecule has 0 atom stereocenters. The first-order chi connectivity index (χ1) is 16.7. The molecular weight excluding hydrogens is 538 g/mol. The van der Waals surface area contributed by atoms with Crippen LogP contribution in [0.4, 0.5) is 5.69 Å². The van der Waals surface area contributed by atoms with E-state index in [2.05, 4.69) is 41.3 Å². The summed E-state index contributed by atoms with van der Waals surface area (Å²) >= 11 is -0.554. The molecule has 3 heterocycles. The maximum atomic E-state index is 10.7. The zero-order chi connectivity index (χ0) is 23.1. The van der Waals surface area contributed by atoms with Gasteiger partial charge in [-0.2, -0.15) is 0 Å². The number of unbranched alkanes of at least 4 members (excludes halogenated alkanes) is 2. The second kappa shape index (κ2) is 9.32. The predicted molar refractivity (Wildman–Crippen MR) is 138 cm³/mol. The molecule has 0 radical (unpaired) electrons. The van der Waals surface area contributed by atoms with Crippen LogP contribution < -0.4 is 10.3 Å². The van der Waals surface area contributed by atoms with Crippen molar-refractivity contribution in [3.63, 3.8) is 0 Å². The van der Waals surface area contributed by atoms with E-state index in [-0.39, 0.29) is 6.42 Å². The number of fused-ring (bicyclic) bond motifs is 5. The van der Waals surface area contributed by atoms with E-state index in [1.807, 2.05) is 0 Å². The van der Waals surface area contributed by atoms with Gasteiger partial charge in [0.05, 0.1) is 0 Å². The number of carbonyl (C=O) groups is 1. The predicted octanol–water partition coefficient (Wildman–Crippen LogP) is 4.79. The molecule has 34 heavy (non-hydrogen) atoms. The van der Waals surface area contributed by atoms with Crippen molar-refractivity contribution in [2.75, 3.05) is 24.5 Å². The van der Waals surface area contributed by atoms with Crippen LogP contribution in [0.1, 0.15) is 49.7 Å².